The number of nitrogens with zero attached hydrogens (tertiary/aromatic N) is 1. The normalized spacial score (nSPS) is 10.2. The highest BCUT2D eigenvalue weighted by Crippen LogP contribution is 2.29. The summed E-state index contributed by atoms with van der Waals surface area (Å²) < 4.78 is 6.02. The first kappa shape index (κ1) is 14.3. The van der Waals surface area contributed by atoms with Gasteiger partial charge in [-0.3, -0.25) is 0 Å². The largest absolute Gasteiger partial charge is 0.497 e. The average Bonchev–Trinajstić information content (AvgIpc) is 2.41. The Morgan fingerprint density at radius 2 is 2.10 bits per heavy atom. The van der Waals surface area contributed by atoms with E-state index in [0.717, 1.165) is 15.9 Å². The quantitative estimate of drug-likeness (QED) is 0.892. The highest BCUT2D eigenvalue weighted by atomic mass is 79.9. The summed E-state index contributed by atoms with van der Waals surface area (Å²) in [6, 6.07) is 8.68. The van der Waals surface area contributed by atoms with Crippen LogP contribution >= 0.6 is 15.9 Å². The smallest absolute Gasteiger partial charge is 0.337 e. The maximum atomic E-state index is 10.9. The predicted molar refractivity (Wildman–Crippen MR) is 79.9 cm³/mol. The molecule has 2 N–H and O–H groups in total. The Balaban J connectivity index is 2.30. The van der Waals surface area contributed by atoms with Crippen LogP contribution in [0.3, 0.4) is 0 Å². The number of carboxylic acid groups (broad SMARTS) is 1. The van der Waals surface area contributed by atoms with Gasteiger partial charge in [-0.05, 0) is 47.1 Å². The number of hydrogen-bond acceptors (Lipinski definition) is 4. The number of nitrogens with one attached hydrogen (secondary N) is 1. The molecule has 0 aliphatic carbocycles. The van der Waals surface area contributed by atoms with Crippen LogP contribution < -0.4 is 10.1 Å². The molecule has 0 atom stereocenters. The third-order valence-electron chi connectivity index (χ3n) is 2.75. The van der Waals surface area contributed by atoms with Gasteiger partial charge in [-0.15, -0.1) is 0 Å². The van der Waals surface area contributed by atoms with Crippen molar-refractivity contribution in [3.05, 3.63) is 46.1 Å². The molecule has 0 radical (unpaired) electrons. The molecule has 0 amide bonds. The van der Waals surface area contributed by atoms with Gasteiger partial charge in [0.25, 0.3) is 0 Å². The van der Waals surface area contributed by atoms with Crippen molar-refractivity contribution < 1.29 is 14.6 Å². The van der Waals surface area contributed by atoms with Crippen molar-refractivity contribution in [3.8, 4) is 5.75 Å². The van der Waals surface area contributed by atoms with E-state index >= 15 is 0 Å². The number of ether oxygens (including phenoxy) is 1. The molecule has 0 fully saturated rings. The minimum Gasteiger partial charge on any atom is -0.497 e. The number of rotatable bonds is 4. The lowest BCUT2D eigenvalue weighted by Gasteiger charge is -2.11. The third kappa shape index (κ3) is 3.08. The fraction of sp³-hybridized carbons (Fsp3) is 0.143. The first-order valence-electron chi connectivity index (χ1n) is 5.83. The summed E-state index contributed by atoms with van der Waals surface area (Å²) in [7, 11) is 1.59. The van der Waals surface area contributed by atoms with E-state index < -0.39 is 5.97 Å². The van der Waals surface area contributed by atoms with Gasteiger partial charge in [0.2, 0.25) is 0 Å². The maximum absolute atomic E-state index is 10.9. The highest BCUT2D eigenvalue weighted by molar-refractivity contribution is 9.10. The second-order valence-electron chi connectivity index (χ2n) is 4.11. The van der Waals surface area contributed by atoms with E-state index in [0.29, 0.717) is 11.5 Å². The minimum absolute atomic E-state index is 0.195. The molecule has 2 rings (SSSR count). The van der Waals surface area contributed by atoms with Crippen LogP contribution in [-0.2, 0) is 0 Å². The van der Waals surface area contributed by atoms with E-state index in [-0.39, 0.29) is 5.56 Å². The van der Waals surface area contributed by atoms with Gasteiger partial charge in [-0.25, -0.2) is 9.78 Å². The summed E-state index contributed by atoms with van der Waals surface area (Å²) in [6.07, 6.45) is 0. The number of carbonyl (C=O) groups is 1. The van der Waals surface area contributed by atoms with E-state index in [1.807, 2.05) is 18.2 Å². The Hall–Kier alpha value is -2.08. The minimum atomic E-state index is -0.982. The Bertz CT molecular complexity index is 659. The van der Waals surface area contributed by atoms with Crippen molar-refractivity contribution in [1.29, 1.82) is 0 Å². The first-order chi connectivity index (χ1) is 9.51. The number of halogens is 1. The zero-order valence-electron chi connectivity index (χ0n) is 11.0. The number of aromatic nitrogens is 1. The van der Waals surface area contributed by atoms with E-state index in [4.69, 9.17) is 9.84 Å². The van der Waals surface area contributed by atoms with Gasteiger partial charge in [0.1, 0.15) is 11.6 Å². The molecule has 0 spiro atoms. The molecule has 104 valence electrons. The molecule has 6 heteroatoms. The Morgan fingerprint density at radius 3 is 2.70 bits per heavy atom. The van der Waals surface area contributed by atoms with Crippen molar-refractivity contribution in [3.63, 3.8) is 0 Å². The molecule has 0 aliphatic rings. The monoisotopic (exact) mass is 336 g/mol. The van der Waals surface area contributed by atoms with Gasteiger partial charge in [0.15, 0.2) is 0 Å². The maximum Gasteiger partial charge on any atom is 0.337 e. The zero-order valence-corrected chi connectivity index (χ0v) is 12.6. The van der Waals surface area contributed by atoms with Crippen molar-refractivity contribution >= 4 is 33.4 Å². The number of anilines is 2. The molecule has 0 saturated heterocycles. The lowest BCUT2D eigenvalue weighted by molar-refractivity contribution is 0.0695. The van der Waals surface area contributed by atoms with Crippen molar-refractivity contribution in [2.75, 3.05) is 12.4 Å². The lowest BCUT2D eigenvalue weighted by atomic mass is 10.2. The number of pyridine rings is 1. The van der Waals surface area contributed by atoms with Gasteiger partial charge >= 0.3 is 5.97 Å². The predicted octanol–water partition coefficient (Wildman–Crippen LogP) is 3.60. The van der Waals surface area contributed by atoms with Crippen LogP contribution in [0.15, 0.2) is 34.8 Å². The summed E-state index contributed by atoms with van der Waals surface area (Å²) in [6.45, 7) is 1.66. The SMILES string of the molecule is COc1ccc(Br)c(Nc2ccc(C(=O)O)c(C)n2)c1. The summed E-state index contributed by atoms with van der Waals surface area (Å²) in [5.74, 6) is 0.306. The molecule has 0 aliphatic heterocycles. The lowest BCUT2D eigenvalue weighted by Crippen LogP contribution is -2.04. The summed E-state index contributed by atoms with van der Waals surface area (Å²) in [5.41, 5.74) is 1.45. The van der Waals surface area contributed by atoms with Crippen LogP contribution in [-0.4, -0.2) is 23.2 Å². The van der Waals surface area contributed by atoms with Gasteiger partial charge in [0, 0.05) is 10.5 Å². The Kier molecular flexibility index (Phi) is 4.24. The summed E-state index contributed by atoms with van der Waals surface area (Å²) >= 11 is 3.43. The second kappa shape index (κ2) is 5.92. The summed E-state index contributed by atoms with van der Waals surface area (Å²) in [4.78, 5) is 15.2. The topological polar surface area (TPSA) is 71.5 Å². The molecule has 2 aromatic rings. The van der Waals surface area contributed by atoms with Gasteiger partial charge in [-0.2, -0.15) is 0 Å². The molecule has 5 nitrogen and oxygen atoms in total. The number of hydrogen-bond donors (Lipinski definition) is 2. The van der Waals surface area contributed by atoms with E-state index in [1.165, 1.54) is 6.07 Å². The fourth-order valence-corrected chi connectivity index (χ4v) is 2.07. The molecule has 20 heavy (non-hydrogen) atoms. The van der Waals surface area contributed by atoms with Crippen LogP contribution in [0, 0.1) is 6.92 Å². The number of aromatic carboxylic acids is 1. The first-order valence-corrected chi connectivity index (χ1v) is 6.62. The zero-order chi connectivity index (χ0) is 14.7. The number of aryl methyl sites for hydroxylation is 1. The van der Waals surface area contributed by atoms with Crippen LogP contribution in [0.25, 0.3) is 0 Å². The number of carboxylic acids is 1. The van der Waals surface area contributed by atoms with Crippen molar-refractivity contribution in [2.24, 2.45) is 0 Å². The van der Waals surface area contributed by atoms with E-state index in [2.05, 4.69) is 26.2 Å². The van der Waals surface area contributed by atoms with Crippen LogP contribution in [0.1, 0.15) is 16.1 Å². The Morgan fingerprint density at radius 1 is 1.35 bits per heavy atom. The van der Waals surface area contributed by atoms with E-state index in [9.17, 15) is 4.79 Å². The van der Waals surface area contributed by atoms with Crippen LogP contribution in [0.4, 0.5) is 11.5 Å². The van der Waals surface area contributed by atoms with E-state index in [1.54, 1.807) is 20.1 Å². The molecule has 1 heterocycles. The molecule has 1 aromatic carbocycles. The van der Waals surface area contributed by atoms with Crippen LogP contribution in [0.2, 0.25) is 0 Å². The molecule has 1 aromatic heterocycles. The standard InChI is InChI=1S/C14H13BrN2O3/c1-8-10(14(18)19)4-6-13(16-8)17-12-7-9(20-2)3-5-11(12)15/h3-7H,1-2H3,(H,16,17)(H,18,19). The molecular weight excluding hydrogens is 324 g/mol. The molecule has 0 bridgehead atoms. The summed E-state index contributed by atoms with van der Waals surface area (Å²) in [5, 5.41) is 12.1. The second-order valence-corrected chi connectivity index (χ2v) is 4.96. The van der Waals surface area contributed by atoms with Gasteiger partial charge in [-0.1, -0.05) is 0 Å². The van der Waals surface area contributed by atoms with Gasteiger partial charge < -0.3 is 15.2 Å². The average molecular weight is 337 g/mol. The van der Waals surface area contributed by atoms with Crippen molar-refractivity contribution in [2.45, 2.75) is 6.92 Å². The Labute approximate surface area is 124 Å². The van der Waals surface area contributed by atoms with Crippen molar-refractivity contribution in [1.82, 2.24) is 4.98 Å². The number of methoxy groups -OCH3 is 1. The van der Waals surface area contributed by atoms with Gasteiger partial charge in [0.05, 0.1) is 24.1 Å². The molecule has 0 unspecified atom stereocenters. The van der Waals surface area contributed by atoms with Crippen LogP contribution in [0.5, 0.6) is 5.75 Å². The molecule has 0 saturated carbocycles. The third-order valence-corrected chi connectivity index (χ3v) is 3.44. The highest BCUT2D eigenvalue weighted by Gasteiger charge is 2.09. The fourth-order valence-electron chi connectivity index (χ4n) is 1.72. The molecular formula is C14H13BrN2O3. The number of benzene rings is 1.